The molecule has 29 heavy (non-hydrogen) atoms. The predicted molar refractivity (Wildman–Crippen MR) is 113 cm³/mol. The number of anilines is 1. The number of hydrogen-bond acceptors (Lipinski definition) is 4. The third-order valence-electron chi connectivity index (χ3n) is 4.75. The van der Waals surface area contributed by atoms with Gasteiger partial charge in [-0.3, -0.25) is 10.1 Å². The van der Waals surface area contributed by atoms with Crippen LogP contribution in [0, 0.1) is 5.82 Å². The van der Waals surface area contributed by atoms with Gasteiger partial charge in [-0.25, -0.2) is 12.8 Å². The van der Waals surface area contributed by atoms with Crippen molar-refractivity contribution < 1.29 is 17.6 Å². The highest BCUT2D eigenvalue weighted by molar-refractivity contribution is 7.89. The van der Waals surface area contributed by atoms with Gasteiger partial charge in [-0.15, -0.1) is 0 Å². The van der Waals surface area contributed by atoms with E-state index >= 15 is 0 Å². The number of halogens is 1. The standard InChI is InChI=1S/C21H28FN3O3S/c1-5-25(6-2)29(27,28)18-13-11-17(12-14-18)15(3)23-16(4)21(26)24-20-10-8-7-9-19(20)22/h7-16,23H,5-6H2,1-4H3,(H,24,26)/t15-,16-/m0/s1. The normalized spacial score (nSPS) is 13.9. The Morgan fingerprint density at radius 1 is 1.03 bits per heavy atom. The number of sulfonamides is 1. The zero-order valence-corrected chi connectivity index (χ0v) is 18.0. The van der Waals surface area contributed by atoms with E-state index in [0.717, 1.165) is 5.56 Å². The van der Waals surface area contributed by atoms with Crippen LogP contribution in [0.4, 0.5) is 10.1 Å². The van der Waals surface area contributed by atoms with Crippen LogP contribution < -0.4 is 10.6 Å². The van der Waals surface area contributed by atoms with E-state index in [2.05, 4.69) is 10.6 Å². The molecule has 0 fully saturated rings. The zero-order valence-electron chi connectivity index (χ0n) is 17.1. The van der Waals surface area contributed by atoms with Gasteiger partial charge in [0.25, 0.3) is 0 Å². The lowest BCUT2D eigenvalue weighted by molar-refractivity contribution is -0.118. The van der Waals surface area contributed by atoms with E-state index in [0.29, 0.717) is 13.1 Å². The number of rotatable bonds is 9. The lowest BCUT2D eigenvalue weighted by Gasteiger charge is -2.21. The lowest BCUT2D eigenvalue weighted by atomic mass is 10.1. The molecular weight excluding hydrogens is 393 g/mol. The number of carbonyl (C=O) groups excluding carboxylic acids is 1. The molecule has 0 unspecified atom stereocenters. The number of hydrogen-bond donors (Lipinski definition) is 2. The van der Waals surface area contributed by atoms with Crippen LogP contribution in [0.15, 0.2) is 53.4 Å². The summed E-state index contributed by atoms with van der Waals surface area (Å²) in [5.41, 5.74) is 0.971. The Kier molecular flexibility index (Phi) is 7.89. The van der Waals surface area contributed by atoms with Gasteiger partial charge in [0.05, 0.1) is 16.6 Å². The Balaban J connectivity index is 2.04. The summed E-state index contributed by atoms with van der Waals surface area (Å²) in [6.07, 6.45) is 0. The minimum absolute atomic E-state index is 0.129. The average molecular weight is 422 g/mol. The number of benzene rings is 2. The highest BCUT2D eigenvalue weighted by Crippen LogP contribution is 2.20. The maximum absolute atomic E-state index is 13.7. The van der Waals surface area contributed by atoms with E-state index < -0.39 is 21.9 Å². The molecule has 0 aliphatic rings. The summed E-state index contributed by atoms with van der Waals surface area (Å²) in [7, 11) is -3.51. The van der Waals surface area contributed by atoms with E-state index in [4.69, 9.17) is 0 Å². The molecule has 0 radical (unpaired) electrons. The van der Waals surface area contributed by atoms with Crippen LogP contribution in [0.25, 0.3) is 0 Å². The van der Waals surface area contributed by atoms with Crippen molar-refractivity contribution in [3.8, 4) is 0 Å². The molecule has 2 rings (SSSR count). The van der Waals surface area contributed by atoms with E-state index in [1.54, 1.807) is 57.2 Å². The van der Waals surface area contributed by atoms with Crippen molar-refractivity contribution in [2.45, 2.75) is 44.7 Å². The first-order valence-corrected chi connectivity index (χ1v) is 11.1. The van der Waals surface area contributed by atoms with Crippen molar-refractivity contribution in [2.75, 3.05) is 18.4 Å². The summed E-state index contributed by atoms with van der Waals surface area (Å²) in [5, 5.41) is 5.70. The molecule has 2 N–H and O–H groups in total. The summed E-state index contributed by atoms with van der Waals surface area (Å²) < 4.78 is 40.2. The Labute approximate surface area is 172 Å². The molecule has 6 nitrogen and oxygen atoms in total. The van der Waals surface area contributed by atoms with Crippen molar-refractivity contribution in [1.82, 2.24) is 9.62 Å². The molecule has 1 amide bonds. The van der Waals surface area contributed by atoms with E-state index in [-0.39, 0.29) is 22.5 Å². The Morgan fingerprint density at radius 2 is 1.62 bits per heavy atom. The van der Waals surface area contributed by atoms with Gasteiger partial charge in [-0.05, 0) is 43.7 Å². The second kappa shape index (κ2) is 9.96. The number of nitrogens with one attached hydrogen (secondary N) is 2. The van der Waals surface area contributed by atoms with Gasteiger partial charge < -0.3 is 5.32 Å². The minimum atomic E-state index is -3.51. The molecule has 0 saturated heterocycles. The second-order valence-corrected chi connectivity index (χ2v) is 8.68. The fraction of sp³-hybridized carbons (Fsp3) is 0.381. The molecule has 0 aliphatic carbocycles. The molecule has 0 spiro atoms. The summed E-state index contributed by atoms with van der Waals surface area (Å²) in [4.78, 5) is 12.6. The smallest absolute Gasteiger partial charge is 0.243 e. The lowest BCUT2D eigenvalue weighted by Crippen LogP contribution is -2.39. The predicted octanol–water partition coefficient (Wildman–Crippen LogP) is 3.53. The number of carbonyl (C=O) groups is 1. The maximum atomic E-state index is 13.7. The van der Waals surface area contributed by atoms with Crippen molar-refractivity contribution in [1.29, 1.82) is 0 Å². The SMILES string of the molecule is CCN(CC)S(=O)(=O)c1ccc([C@H](C)N[C@@H](C)C(=O)Nc2ccccc2F)cc1. The summed E-state index contributed by atoms with van der Waals surface area (Å²) in [5.74, 6) is -0.853. The molecule has 0 aliphatic heterocycles. The fourth-order valence-corrected chi connectivity index (χ4v) is 4.45. The van der Waals surface area contributed by atoms with Crippen LogP contribution in [0.1, 0.15) is 39.3 Å². The second-order valence-electron chi connectivity index (χ2n) is 6.74. The summed E-state index contributed by atoms with van der Waals surface area (Å²) >= 11 is 0. The highest BCUT2D eigenvalue weighted by atomic mass is 32.2. The van der Waals surface area contributed by atoms with Crippen LogP contribution in [0.5, 0.6) is 0 Å². The summed E-state index contributed by atoms with van der Waals surface area (Å²) in [6, 6.07) is 11.8. The van der Waals surface area contributed by atoms with Crippen LogP contribution in [-0.4, -0.2) is 37.8 Å². The molecule has 0 aromatic heterocycles. The van der Waals surface area contributed by atoms with Gasteiger partial charge in [0, 0.05) is 19.1 Å². The largest absolute Gasteiger partial charge is 0.322 e. The van der Waals surface area contributed by atoms with Crippen molar-refractivity contribution in [3.05, 3.63) is 59.9 Å². The Morgan fingerprint density at radius 3 is 2.17 bits per heavy atom. The fourth-order valence-electron chi connectivity index (χ4n) is 2.99. The zero-order chi connectivity index (χ0) is 21.6. The van der Waals surface area contributed by atoms with Crippen molar-refractivity contribution in [3.63, 3.8) is 0 Å². The molecule has 2 aromatic rings. The van der Waals surface area contributed by atoms with Gasteiger partial charge in [0.15, 0.2) is 0 Å². The van der Waals surface area contributed by atoms with E-state index in [1.165, 1.54) is 16.4 Å². The summed E-state index contributed by atoms with van der Waals surface area (Å²) in [6.45, 7) is 7.98. The first-order valence-electron chi connectivity index (χ1n) is 9.62. The molecule has 2 aromatic carbocycles. The average Bonchev–Trinajstić information content (AvgIpc) is 2.70. The maximum Gasteiger partial charge on any atom is 0.243 e. The third kappa shape index (κ3) is 5.62. The van der Waals surface area contributed by atoms with E-state index in [9.17, 15) is 17.6 Å². The van der Waals surface area contributed by atoms with Crippen LogP contribution in [0.2, 0.25) is 0 Å². The molecular formula is C21H28FN3O3S. The van der Waals surface area contributed by atoms with Crippen molar-refractivity contribution >= 4 is 21.6 Å². The Bertz CT molecular complexity index is 928. The monoisotopic (exact) mass is 421 g/mol. The topological polar surface area (TPSA) is 78.5 Å². The first kappa shape index (κ1) is 23.0. The molecule has 0 saturated carbocycles. The van der Waals surface area contributed by atoms with Gasteiger partial charge in [-0.2, -0.15) is 4.31 Å². The third-order valence-corrected chi connectivity index (χ3v) is 6.81. The first-order chi connectivity index (χ1) is 13.7. The Hall–Kier alpha value is -2.29. The number of nitrogens with zero attached hydrogens (tertiary/aromatic N) is 1. The number of para-hydroxylation sites is 1. The number of amides is 1. The molecule has 158 valence electrons. The molecule has 0 heterocycles. The van der Waals surface area contributed by atoms with Crippen LogP contribution in [0.3, 0.4) is 0 Å². The van der Waals surface area contributed by atoms with Gasteiger partial charge in [0.2, 0.25) is 15.9 Å². The molecule has 0 bridgehead atoms. The van der Waals surface area contributed by atoms with Crippen molar-refractivity contribution in [2.24, 2.45) is 0 Å². The van der Waals surface area contributed by atoms with E-state index in [1.807, 2.05) is 6.92 Å². The van der Waals surface area contributed by atoms with Gasteiger partial charge in [-0.1, -0.05) is 38.1 Å². The highest BCUT2D eigenvalue weighted by Gasteiger charge is 2.22. The van der Waals surface area contributed by atoms with Gasteiger partial charge in [0.1, 0.15) is 5.82 Å². The van der Waals surface area contributed by atoms with Crippen LogP contribution in [-0.2, 0) is 14.8 Å². The van der Waals surface area contributed by atoms with Crippen LogP contribution >= 0.6 is 0 Å². The minimum Gasteiger partial charge on any atom is -0.322 e. The van der Waals surface area contributed by atoms with Gasteiger partial charge >= 0.3 is 0 Å². The quantitative estimate of drug-likeness (QED) is 0.649. The molecule has 2 atom stereocenters. The molecule has 8 heteroatoms.